The van der Waals surface area contributed by atoms with E-state index in [-0.39, 0.29) is 24.3 Å². The molecule has 1 atom stereocenters. The Hall–Kier alpha value is -1.11. The molecular formula is C13H14ClFN3OS-. The molecule has 20 heavy (non-hydrogen) atoms. The molecule has 0 unspecified atom stereocenters. The highest BCUT2D eigenvalue weighted by atomic mass is 35.5. The van der Waals surface area contributed by atoms with Gasteiger partial charge in [0.2, 0.25) is 5.89 Å². The summed E-state index contributed by atoms with van der Waals surface area (Å²) >= 11 is 1.47. The number of hydrogen-bond acceptors (Lipinski definition) is 5. The standard InChI is InChI=1S/C13H14FN3OS.ClH/c14-10-5-3-9(4-6-10)8-19-13-17-16-12(18-13)11-2-1-7-15-11;/h3-6,11,15H,1-2,7-8H2;1H/p-1/t11-;/m0./s1. The summed E-state index contributed by atoms with van der Waals surface area (Å²) in [4.78, 5) is 0. The van der Waals surface area contributed by atoms with Crippen molar-refractivity contribution in [2.24, 2.45) is 0 Å². The molecule has 1 N–H and O–H groups in total. The summed E-state index contributed by atoms with van der Waals surface area (Å²) in [5, 5.41) is 12.0. The van der Waals surface area contributed by atoms with Crippen molar-refractivity contribution >= 4 is 11.8 Å². The van der Waals surface area contributed by atoms with E-state index in [0.717, 1.165) is 24.9 Å². The van der Waals surface area contributed by atoms with Crippen LogP contribution >= 0.6 is 11.8 Å². The van der Waals surface area contributed by atoms with Crippen molar-refractivity contribution in [2.45, 2.75) is 29.9 Å². The molecule has 3 rings (SSSR count). The summed E-state index contributed by atoms with van der Waals surface area (Å²) in [6.07, 6.45) is 2.19. The Bertz CT molecular complexity index is 543. The number of rotatable bonds is 4. The fraction of sp³-hybridized carbons (Fsp3) is 0.385. The Kier molecular flexibility index (Phi) is 5.39. The van der Waals surface area contributed by atoms with Crippen molar-refractivity contribution in [2.75, 3.05) is 6.54 Å². The molecule has 1 aliphatic rings. The van der Waals surface area contributed by atoms with Crippen molar-refractivity contribution in [1.29, 1.82) is 0 Å². The van der Waals surface area contributed by atoms with Crippen LogP contribution in [0.15, 0.2) is 33.9 Å². The molecular weight excluding hydrogens is 301 g/mol. The van der Waals surface area contributed by atoms with Crippen LogP contribution in [-0.4, -0.2) is 16.7 Å². The summed E-state index contributed by atoms with van der Waals surface area (Å²) in [6, 6.07) is 6.64. The highest BCUT2D eigenvalue weighted by Gasteiger charge is 2.22. The average Bonchev–Trinajstić information content (AvgIpc) is 3.09. The Morgan fingerprint density at radius 2 is 2.10 bits per heavy atom. The molecule has 1 aliphatic heterocycles. The second-order valence-electron chi connectivity index (χ2n) is 4.47. The molecule has 2 aromatic rings. The fourth-order valence-corrected chi connectivity index (χ4v) is 2.77. The number of hydrogen-bond donors (Lipinski definition) is 1. The predicted octanol–water partition coefficient (Wildman–Crippen LogP) is -0.0705. The first-order valence-corrected chi connectivity index (χ1v) is 7.24. The largest absolute Gasteiger partial charge is 1.00 e. The lowest BCUT2D eigenvalue weighted by Gasteiger charge is -2.02. The highest BCUT2D eigenvalue weighted by Crippen LogP contribution is 2.26. The van der Waals surface area contributed by atoms with E-state index in [1.807, 2.05) is 0 Å². The Labute approximate surface area is 127 Å². The molecule has 4 nitrogen and oxygen atoms in total. The summed E-state index contributed by atoms with van der Waals surface area (Å²) in [6.45, 7) is 1.01. The summed E-state index contributed by atoms with van der Waals surface area (Å²) in [7, 11) is 0. The minimum atomic E-state index is -0.221. The number of nitrogens with one attached hydrogen (secondary N) is 1. The van der Waals surface area contributed by atoms with Gasteiger partial charge in [-0.2, -0.15) is 0 Å². The van der Waals surface area contributed by atoms with Crippen LogP contribution in [0.1, 0.15) is 30.3 Å². The van der Waals surface area contributed by atoms with E-state index in [0.29, 0.717) is 16.9 Å². The van der Waals surface area contributed by atoms with Gasteiger partial charge in [0.15, 0.2) is 0 Å². The van der Waals surface area contributed by atoms with Crippen LogP contribution in [-0.2, 0) is 5.75 Å². The average molecular weight is 315 g/mol. The smallest absolute Gasteiger partial charge is 0.276 e. The van der Waals surface area contributed by atoms with Gasteiger partial charge >= 0.3 is 0 Å². The first kappa shape index (κ1) is 15.3. The molecule has 1 saturated heterocycles. The first-order valence-electron chi connectivity index (χ1n) is 6.25. The molecule has 2 heterocycles. The second-order valence-corrected chi connectivity index (χ2v) is 5.40. The molecule has 108 valence electrons. The summed E-state index contributed by atoms with van der Waals surface area (Å²) < 4.78 is 18.4. The van der Waals surface area contributed by atoms with Crippen molar-refractivity contribution in [3.8, 4) is 0 Å². The maximum Gasteiger partial charge on any atom is 0.276 e. The number of nitrogens with zero attached hydrogens (tertiary/aromatic N) is 2. The van der Waals surface area contributed by atoms with E-state index in [4.69, 9.17) is 4.42 Å². The highest BCUT2D eigenvalue weighted by molar-refractivity contribution is 7.98. The zero-order valence-corrected chi connectivity index (χ0v) is 12.3. The van der Waals surface area contributed by atoms with Crippen LogP contribution in [0.3, 0.4) is 0 Å². The van der Waals surface area contributed by atoms with Crippen LogP contribution in [0.2, 0.25) is 0 Å². The van der Waals surface area contributed by atoms with Crippen molar-refractivity contribution in [3.05, 3.63) is 41.5 Å². The minimum absolute atomic E-state index is 0. The van der Waals surface area contributed by atoms with Gasteiger partial charge in [-0.3, -0.25) is 0 Å². The van der Waals surface area contributed by atoms with E-state index in [9.17, 15) is 4.39 Å². The third-order valence-corrected chi connectivity index (χ3v) is 3.95. The molecule has 1 aromatic heterocycles. The Morgan fingerprint density at radius 1 is 1.30 bits per heavy atom. The van der Waals surface area contributed by atoms with E-state index < -0.39 is 0 Å². The Balaban J connectivity index is 0.00000147. The summed E-state index contributed by atoms with van der Waals surface area (Å²) in [5.41, 5.74) is 1.03. The second kappa shape index (κ2) is 7.06. The van der Waals surface area contributed by atoms with Gasteiger partial charge in [0, 0.05) is 5.75 Å². The molecule has 0 amide bonds. The van der Waals surface area contributed by atoms with Gasteiger partial charge in [-0.1, -0.05) is 23.9 Å². The van der Waals surface area contributed by atoms with E-state index >= 15 is 0 Å². The molecule has 1 fully saturated rings. The van der Waals surface area contributed by atoms with Gasteiger partial charge in [0.25, 0.3) is 5.22 Å². The van der Waals surface area contributed by atoms with Crippen LogP contribution in [0.5, 0.6) is 0 Å². The third kappa shape index (κ3) is 3.71. The molecule has 0 bridgehead atoms. The molecule has 0 radical (unpaired) electrons. The third-order valence-electron chi connectivity index (χ3n) is 3.06. The lowest BCUT2D eigenvalue weighted by atomic mass is 10.2. The molecule has 0 spiro atoms. The lowest BCUT2D eigenvalue weighted by Crippen LogP contribution is -3.00. The molecule has 0 aliphatic carbocycles. The quantitative estimate of drug-likeness (QED) is 0.801. The molecule has 0 saturated carbocycles. The van der Waals surface area contributed by atoms with Crippen LogP contribution in [0, 0.1) is 5.82 Å². The fourth-order valence-electron chi connectivity index (χ4n) is 2.04. The van der Waals surface area contributed by atoms with E-state index in [1.54, 1.807) is 12.1 Å². The van der Waals surface area contributed by atoms with Gasteiger partial charge in [-0.25, -0.2) is 4.39 Å². The topological polar surface area (TPSA) is 51.0 Å². The molecule has 7 heteroatoms. The maximum absolute atomic E-state index is 12.8. The van der Waals surface area contributed by atoms with Gasteiger partial charge in [0.1, 0.15) is 5.82 Å². The van der Waals surface area contributed by atoms with Crippen LogP contribution in [0.4, 0.5) is 4.39 Å². The number of benzene rings is 1. The maximum atomic E-state index is 12.8. The van der Waals surface area contributed by atoms with Crippen LogP contribution < -0.4 is 17.7 Å². The van der Waals surface area contributed by atoms with Gasteiger partial charge in [-0.15, -0.1) is 10.2 Å². The zero-order valence-electron chi connectivity index (χ0n) is 10.7. The normalized spacial score (nSPS) is 17.9. The van der Waals surface area contributed by atoms with E-state index in [1.165, 1.54) is 23.9 Å². The van der Waals surface area contributed by atoms with Crippen molar-refractivity contribution < 1.29 is 21.2 Å². The SMILES string of the molecule is Fc1ccc(CSc2nnc([C@@H]3CCCN3)o2)cc1.[Cl-]. The number of thioether (sulfide) groups is 1. The van der Waals surface area contributed by atoms with Crippen LogP contribution in [0.25, 0.3) is 0 Å². The summed E-state index contributed by atoms with van der Waals surface area (Å²) in [5.74, 6) is 1.14. The number of halogens is 2. The van der Waals surface area contributed by atoms with Crippen molar-refractivity contribution in [1.82, 2.24) is 15.5 Å². The lowest BCUT2D eigenvalue weighted by molar-refractivity contribution is -0.00000511. The minimum Gasteiger partial charge on any atom is -1.00 e. The monoisotopic (exact) mass is 314 g/mol. The van der Waals surface area contributed by atoms with E-state index in [2.05, 4.69) is 15.5 Å². The van der Waals surface area contributed by atoms with Gasteiger partial charge < -0.3 is 22.1 Å². The predicted molar refractivity (Wildman–Crippen MR) is 70.2 cm³/mol. The van der Waals surface area contributed by atoms with Gasteiger partial charge in [-0.05, 0) is 37.1 Å². The van der Waals surface area contributed by atoms with Gasteiger partial charge in [0.05, 0.1) is 6.04 Å². The zero-order chi connectivity index (χ0) is 13.1. The number of aromatic nitrogens is 2. The first-order chi connectivity index (χ1) is 9.31. The Morgan fingerprint density at radius 3 is 2.80 bits per heavy atom. The van der Waals surface area contributed by atoms with Crippen molar-refractivity contribution in [3.63, 3.8) is 0 Å². The molecule has 1 aromatic carbocycles.